The van der Waals surface area contributed by atoms with E-state index in [1.54, 1.807) is 0 Å². The predicted octanol–water partition coefficient (Wildman–Crippen LogP) is -3.84. The SMILES string of the molecule is Nc1nc(/C(=N/OCc2ccc(O)c([O-])c2C(=O)O)C(=O)N[C@@H]2C(=O)N3C(C(=O)[O-])=C(C[N+]45CCC(CC4)CC5)CS[C@H]23)cs1.[Na+]. The Kier molecular flexibility index (Phi) is 9.91. The molecule has 1 aromatic heterocycles. The number of carbonyl (C=O) groups excluding carboxylic acids is 3. The first-order valence-corrected chi connectivity index (χ1v) is 16.1. The number of carboxylic acids is 2. The van der Waals surface area contributed by atoms with Gasteiger partial charge in [0.1, 0.15) is 36.0 Å². The van der Waals surface area contributed by atoms with Gasteiger partial charge in [0.15, 0.2) is 10.8 Å². The van der Waals surface area contributed by atoms with Crippen molar-refractivity contribution in [1.29, 1.82) is 0 Å². The van der Waals surface area contributed by atoms with E-state index in [0.29, 0.717) is 17.9 Å². The Hall–Kier alpha value is -3.35. The number of carbonyl (C=O) groups is 4. The van der Waals surface area contributed by atoms with Crippen LogP contribution in [0.1, 0.15) is 40.9 Å². The first kappa shape index (κ1) is 34.0. The number of phenolic OH excluding ortho intramolecular Hbond substituents is 1. The minimum absolute atomic E-state index is 0. The first-order chi connectivity index (χ1) is 21.5. The van der Waals surface area contributed by atoms with E-state index in [0.717, 1.165) is 66.7 Å². The van der Waals surface area contributed by atoms with Crippen molar-refractivity contribution in [2.75, 3.05) is 37.7 Å². The number of β-lactam (4-membered cyclic amide) rings is 1. The van der Waals surface area contributed by atoms with E-state index in [-0.39, 0.29) is 57.4 Å². The average Bonchev–Trinajstić information content (AvgIpc) is 3.45. The number of anilines is 1. The van der Waals surface area contributed by atoms with Crippen LogP contribution >= 0.6 is 23.1 Å². The van der Waals surface area contributed by atoms with Crippen LogP contribution < -0.4 is 50.8 Å². The van der Waals surface area contributed by atoms with Crippen molar-refractivity contribution in [3.8, 4) is 11.5 Å². The van der Waals surface area contributed by atoms with E-state index in [9.17, 15) is 39.6 Å². The third-order valence-electron chi connectivity index (χ3n) is 8.88. The summed E-state index contributed by atoms with van der Waals surface area (Å²) in [7, 11) is 0. The number of aromatic nitrogens is 1. The summed E-state index contributed by atoms with van der Waals surface area (Å²) in [6.07, 6.45) is 3.36. The number of thiazole rings is 1. The second-order valence-corrected chi connectivity index (χ2v) is 13.5. The third kappa shape index (κ3) is 6.31. The van der Waals surface area contributed by atoms with Crippen molar-refractivity contribution in [2.24, 2.45) is 11.1 Å². The van der Waals surface area contributed by atoms with Crippen LogP contribution in [-0.2, 0) is 25.8 Å². The summed E-state index contributed by atoms with van der Waals surface area (Å²) in [5, 5.41) is 50.7. The molecule has 4 fully saturated rings. The van der Waals surface area contributed by atoms with Crippen molar-refractivity contribution in [2.45, 2.75) is 37.3 Å². The molecule has 2 amide bonds. The zero-order valence-electron chi connectivity index (χ0n) is 24.8. The van der Waals surface area contributed by atoms with Gasteiger partial charge in [-0.25, -0.2) is 9.78 Å². The number of fused-ring (bicyclic) bond motifs is 4. The van der Waals surface area contributed by atoms with Gasteiger partial charge in [0.2, 0.25) is 0 Å². The van der Waals surface area contributed by atoms with Gasteiger partial charge in [-0.2, -0.15) is 0 Å². The fourth-order valence-electron chi connectivity index (χ4n) is 6.52. The number of hydrogen-bond donors (Lipinski definition) is 4. The summed E-state index contributed by atoms with van der Waals surface area (Å²) in [5.74, 6) is -5.22. The molecule has 0 unspecified atom stereocenters. The number of phenols is 1. The number of nitrogens with two attached hydrogens (primary N) is 1. The van der Waals surface area contributed by atoms with Crippen LogP contribution in [0.3, 0.4) is 0 Å². The van der Waals surface area contributed by atoms with Gasteiger partial charge < -0.3 is 45.6 Å². The molecule has 2 atom stereocenters. The summed E-state index contributed by atoms with van der Waals surface area (Å²) < 4.78 is 0.820. The number of aromatic carboxylic acids is 1. The molecule has 46 heavy (non-hydrogen) atoms. The summed E-state index contributed by atoms with van der Waals surface area (Å²) in [4.78, 5) is 61.1. The van der Waals surface area contributed by atoms with E-state index < -0.39 is 58.8 Å². The number of amides is 2. The maximum Gasteiger partial charge on any atom is 1.00 e. The number of nitrogens with one attached hydrogen (secondary N) is 1. The number of aromatic hydroxyl groups is 1. The zero-order chi connectivity index (χ0) is 32.0. The van der Waals surface area contributed by atoms with E-state index in [1.165, 1.54) is 28.1 Å². The van der Waals surface area contributed by atoms with Crippen molar-refractivity contribution in [1.82, 2.24) is 15.2 Å². The molecule has 238 valence electrons. The molecule has 18 heteroatoms. The van der Waals surface area contributed by atoms with Crippen molar-refractivity contribution in [3.63, 3.8) is 0 Å². The Labute approximate surface area is 293 Å². The minimum Gasteiger partial charge on any atom is -0.869 e. The molecule has 0 saturated carbocycles. The van der Waals surface area contributed by atoms with E-state index in [4.69, 9.17) is 10.6 Å². The Bertz CT molecular complexity index is 1640. The number of benzene rings is 1. The zero-order valence-corrected chi connectivity index (χ0v) is 28.4. The van der Waals surface area contributed by atoms with Gasteiger partial charge in [0.05, 0.1) is 36.9 Å². The number of thioether (sulfide) groups is 1. The average molecular weight is 681 g/mol. The van der Waals surface area contributed by atoms with Crippen LogP contribution in [0.25, 0.3) is 0 Å². The number of nitrogen functional groups attached to an aromatic ring is 1. The molecule has 0 aliphatic carbocycles. The molecular formula is C28H29N6NaO9S2. The molecule has 0 spiro atoms. The van der Waals surface area contributed by atoms with Gasteiger partial charge in [-0.05, 0) is 31.2 Å². The number of piperidine rings is 3. The largest absolute Gasteiger partial charge is 1.00 e. The second-order valence-electron chi connectivity index (χ2n) is 11.5. The van der Waals surface area contributed by atoms with E-state index in [1.807, 2.05) is 0 Å². The van der Waals surface area contributed by atoms with Crippen LogP contribution in [-0.4, -0.2) is 97.4 Å². The van der Waals surface area contributed by atoms with Crippen molar-refractivity contribution < 1.29 is 78.5 Å². The standard InChI is InChI=1S/C28H30N6O9S2.Na/c29-28-30-16(12-45-28)19(32-43-10-14-1-2-17(35)22(36)18(14)26(39)40)23(37)31-20-24(38)33-21(27(41)42)15(11-44-25(20)33)9-34-6-3-13(4-7-34)5-8-34;/h1-2,12-13,20,25H,3-11H2,(H6-,29,30,31,32,35,36,37,39,40,41,42);/q;+1/p-1/t13?,20-,25-,34?;/m1./s1. The fraction of sp³-hybridized carbons (Fsp3) is 0.429. The van der Waals surface area contributed by atoms with Crippen LogP contribution in [0.4, 0.5) is 5.13 Å². The fourth-order valence-corrected chi connectivity index (χ4v) is 8.40. The number of hydrogen-bond acceptors (Lipinski definition) is 13. The molecule has 4 saturated heterocycles. The van der Waals surface area contributed by atoms with Gasteiger partial charge in [0.25, 0.3) is 11.8 Å². The summed E-state index contributed by atoms with van der Waals surface area (Å²) in [6.45, 7) is 2.97. The summed E-state index contributed by atoms with van der Waals surface area (Å²) in [5.41, 5.74) is 5.09. The van der Waals surface area contributed by atoms with Gasteiger partial charge >= 0.3 is 35.5 Å². The van der Waals surface area contributed by atoms with Crippen molar-refractivity contribution in [3.05, 3.63) is 45.6 Å². The molecule has 5 aliphatic rings. The molecule has 6 heterocycles. The Morgan fingerprint density at radius 1 is 1.22 bits per heavy atom. The predicted molar refractivity (Wildman–Crippen MR) is 156 cm³/mol. The molecule has 7 rings (SSSR count). The number of rotatable bonds is 10. The summed E-state index contributed by atoms with van der Waals surface area (Å²) in [6, 6.07) is 1.11. The molecule has 1 aromatic carbocycles. The molecule has 0 radical (unpaired) electrons. The Balaban J connectivity index is 0.00000417. The van der Waals surface area contributed by atoms with Crippen LogP contribution in [0.5, 0.6) is 11.5 Å². The van der Waals surface area contributed by atoms with Gasteiger partial charge in [0, 0.05) is 22.3 Å². The van der Waals surface area contributed by atoms with Gasteiger partial charge in [-0.15, -0.1) is 23.1 Å². The number of carboxylic acid groups (broad SMARTS) is 2. The van der Waals surface area contributed by atoms with Crippen LogP contribution in [0, 0.1) is 5.92 Å². The quantitative estimate of drug-likeness (QED) is 0.0622. The number of nitrogens with zero attached hydrogens (tertiary/aromatic N) is 4. The molecule has 5 aliphatic heterocycles. The van der Waals surface area contributed by atoms with Crippen LogP contribution in [0.15, 0.2) is 33.9 Å². The molecular weight excluding hydrogens is 651 g/mol. The summed E-state index contributed by atoms with van der Waals surface area (Å²) >= 11 is 2.38. The van der Waals surface area contributed by atoms with E-state index >= 15 is 0 Å². The minimum atomic E-state index is -1.58. The molecule has 2 bridgehead atoms. The first-order valence-electron chi connectivity index (χ1n) is 14.2. The monoisotopic (exact) mass is 680 g/mol. The Morgan fingerprint density at radius 2 is 1.91 bits per heavy atom. The van der Waals surface area contributed by atoms with E-state index in [2.05, 4.69) is 15.5 Å². The maximum absolute atomic E-state index is 13.4. The smallest absolute Gasteiger partial charge is 0.869 e. The maximum atomic E-state index is 13.4. The van der Waals surface area contributed by atoms with Gasteiger partial charge in [-0.3, -0.25) is 14.5 Å². The third-order valence-corrected chi connectivity index (χ3v) is 10.9. The normalized spacial score (nSPS) is 25.3. The molecule has 2 aromatic rings. The second kappa shape index (κ2) is 13.4. The van der Waals surface area contributed by atoms with Crippen molar-refractivity contribution >= 4 is 57.7 Å². The molecule has 5 N–H and O–H groups in total. The van der Waals surface area contributed by atoms with Crippen LogP contribution in [0.2, 0.25) is 0 Å². The topological polar surface area (TPSA) is 231 Å². The molecule has 15 nitrogen and oxygen atoms in total. The number of oxime groups is 1. The van der Waals surface area contributed by atoms with Gasteiger partial charge in [-0.1, -0.05) is 17.0 Å². The number of aliphatic carboxylic acids is 1. The Morgan fingerprint density at radius 3 is 2.52 bits per heavy atom. The number of quaternary nitrogens is 1.